The van der Waals surface area contributed by atoms with Gasteiger partial charge in [-0.2, -0.15) is 0 Å². The largest absolute Gasteiger partial charge is 0.508 e. The number of rotatable bonds is 6. The fourth-order valence-electron chi connectivity index (χ4n) is 3.98. The zero-order valence-corrected chi connectivity index (χ0v) is 17.8. The number of aliphatic hydroxyl groups is 1. The van der Waals surface area contributed by atoms with Crippen LogP contribution in [-0.4, -0.2) is 58.6 Å². The highest BCUT2D eigenvalue weighted by molar-refractivity contribution is 5.90. The van der Waals surface area contributed by atoms with E-state index in [0.717, 1.165) is 11.5 Å². The van der Waals surface area contributed by atoms with Crippen molar-refractivity contribution in [2.75, 3.05) is 31.6 Å². The summed E-state index contributed by atoms with van der Waals surface area (Å²) in [6.45, 7) is 4.94. The number of para-hydroxylation sites is 2. The van der Waals surface area contributed by atoms with Crippen LogP contribution in [0, 0.1) is 0 Å². The number of hydrogen-bond acceptors (Lipinski definition) is 7. The zero-order valence-electron chi connectivity index (χ0n) is 17.8. The number of ether oxygens (including phenoxy) is 3. The average Bonchev–Trinajstić information content (AvgIpc) is 3.07. The maximum absolute atomic E-state index is 11.4. The number of likely N-dealkylation sites (tertiary alicyclic amines) is 1. The standard InChI is InChI=1S/C23H28N2O6/c1-16(26)24-18-8-7-17(27)13-21(18)29-15-22(2,28)14-25-11-9-23(10-12-25)30-19-5-3-4-6-20(19)31-23/h3-8,13,27-28H,9-12,14-15H2,1-2H3,(H,24,26). The van der Waals surface area contributed by atoms with Crippen molar-refractivity contribution in [1.29, 1.82) is 0 Å². The van der Waals surface area contributed by atoms with E-state index in [1.54, 1.807) is 13.0 Å². The van der Waals surface area contributed by atoms with Gasteiger partial charge < -0.3 is 29.7 Å². The van der Waals surface area contributed by atoms with E-state index >= 15 is 0 Å². The van der Waals surface area contributed by atoms with E-state index in [2.05, 4.69) is 10.2 Å². The normalized spacial score (nSPS) is 19.1. The van der Waals surface area contributed by atoms with Gasteiger partial charge in [-0.25, -0.2) is 0 Å². The number of hydrogen-bond donors (Lipinski definition) is 3. The molecular weight excluding hydrogens is 400 g/mol. The van der Waals surface area contributed by atoms with Gasteiger partial charge in [0.25, 0.3) is 5.79 Å². The van der Waals surface area contributed by atoms with Crippen LogP contribution in [0.3, 0.4) is 0 Å². The van der Waals surface area contributed by atoms with Crippen molar-refractivity contribution in [3.8, 4) is 23.0 Å². The topological polar surface area (TPSA) is 100 Å². The van der Waals surface area contributed by atoms with Crippen LogP contribution < -0.4 is 19.5 Å². The molecule has 2 heterocycles. The zero-order chi connectivity index (χ0) is 22.1. The minimum Gasteiger partial charge on any atom is -0.508 e. The first-order chi connectivity index (χ1) is 14.7. The number of benzene rings is 2. The Morgan fingerprint density at radius 3 is 2.45 bits per heavy atom. The molecule has 0 aliphatic carbocycles. The number of carbonyl (C=O) groups is 1. The van der Waals surface area contributed by atoms with Crippen LogP contribution in [-0.2, 0) is 4.79 Å². The summed E-state index contributed by atoms with van der Waals surface area (Å²) in [5, 5.41) is 23.3. The van der Waals surface area contributed by atoms with E-state index in [1.807, 2.05) is 24.3 Å². The van der Waals surface area contributed by atoms with Crippen molar-refractivity contribution in [3.63, 3.8) is 0 Å². The molecule has 1 saturated heterocycles. The second-order valence-electron chi connectivity index (χ2n) is 8.48. The summed E-state index contributed by atoms with van der Waals surface area (Å²) in [5.41, 5.74) is -0.694. The molecule has 0 aromatic heterocycles. The van der Waals surface area contributed by atoms with E-state index in [0.29, 0.717) is 43.9 Å². The molecular formula is C23H28N2O6. The van der Waals surface area contributed by atoms with E-state index in [1.165, 1.54) is 19.1 Å². The predicted octanol–water partition coefficient (Wildman–Crippen LogP) is 2.74. The lowest BCUT2D eigenvalue weighted by atomic mass is 10.0. The van der Waals surface area contributed by atoms with Gasteiger partial charge in [-0.3, -0.25) is 9.69 Å². The van der Waals surface area contributed by atoms with Crippen molar-refractivity contribution in [2.45, 2.75) is 38.1 Å². The Kier molecular flexibility index (Phi) is 5.68. The minimum atomic E-state index is -1.14. The number of piperidine rings is 1. The molecule has 0 saturated carbocycles. The first-order valence-electron chi connectivity index (χ1n) is 10.4. The second-order valence-corrected chi connectivity index (χ2v) is 8.48. The van der Waals surface area contributed by atoms with Gasteiger partial charge in [0.2, 0.25) is 5.91 Å². The molecule has 1 fully saturated rings. The highest BCUT2D eigenvalue weighted by atomic mass is 16.7. The first kappa shape index (κ1) is 21.3. The number of anilines is 1. The summed E-state index contributed by atoms with van der Waals surface area (Å²) in [6, 6.07) is 12.1. The fraction of sp³-hybridized carbons (Fsp3) is 0.435. The Bertz CT molecular complexity index is 926. The summed E-state index contributed by atoms with van der Waals surface area (Å²) >= 11 is 0. The van der Waals surface area contributed by atoms with Gasteiger partial charge in [0.15, 0.2) is 11.5 Å². The van der Waals surface area contributed by atoms with Crippen LogP contribution >= 0.6 is 0 Å². The molecule has 2 aromatic carbocycles. The third kappa shape index (κ3) is 5.03. The van der Waals surface area contributed by atoms with Gasteiger partial charge in [-0.1, -0.05) is 12.1 Å². The number of carbonyl (C=O) groups excluding carboxylic acids is 1. The Hall–Kier alpha value is -2.97. The quantitative estimate of drug-likeness (QED) is 0.608. The first-order valence-corrected chi connectivity index (χ1v) is 10.4. The maximum Gasteiger partial charge on any atom is 0.254 e. The maximum atomic E-state index is 11.4. The molecule has 1 atom stereocenters. The number of aromatic hydroxyl groups is 1. The number of phenols is 1. The van der Waals surface area contributed by atoms with Crippen LogP contribution in [0.25, 0.3) is 0 Å². The molecule has 8 nitrogen and oxygen atoms in total. The van der Waals surface area contributed by atoms with Gasteiger partial charge >= 0.3 is 0 Å². The third-order valence-electron chi connectivity index (χ3n) is 5.44. The molecule has 2 aliphatic heterocycles. The molecule has 0 bridgehead atoms. The Labute approximate surface area is 181 Å². The lowest BCUT2D eigenvalue weighted by Gasteiger charge is -2.39. The SMILES string of the molecule is CC(=O)Nc1ccc(O)cc1OCC(C)(O)CN1CCC2(CC1)Oc1ccccc1O2. The molecule has 1 amide bonds. The summed E-state index contributed by atoms with van der Waals surface area (Å²) in [4.78, 5) is 13.5. The number of amides is 1. The molecule has 3 N–H and O–H groups in total. The van der Waals surface area contributed by atoms with E-state index in [-0.39, 0.29) is 18.3 Å². The highest BCUT2D eigenvalue weighted by Crippen LogP contribution is 2.43. The molecule has 2 aromatic rings. The Morgan fingerprint density at radius 1 is 1.19 bits per heavy atom. The molecule has 4 rings (SSSR count). The van der Waals surface area contributed by atoms with Gasteiger partial charge in [0, 0.05) is 45.5 Å². The number of fused-ring (bicyclic) bond motifs is 1. The molecule has 1 spiro atoms. The summed E-state index contributed by atoms with van der Waals surface area (Å²) < 4.78 is 17.9. The molecule has 1 unspecified atom stereocenters. The lowest BCUT2D eigenvalue weighted by molar-refractivity contribution is -0.127. The Balaban J connectivity index is 1.31. The van der Waals surface area contributed by atoms with Crippen LogP contribution in [0.4, 0.5) is 5.69 Å². The van der Waals surface area contributed by atoms with E-state index in [4.69, 9.17) is 14.2 Å². The summed E-state index contributed by atoms with van der Waals surface area (Å²) in [7, 11) is 0. The smallest absolute Gasteiger partial charge is 0.254 e. The molecule has 31 heavy (non-hydrogen) atoms. The fourth-order valence-corrected chi connectivity index (χ4v) is 3.98. The van der Waals surface area contributed by atoms with E-state index in [9.17, 15) is 15.0 Å². The van der Waals surface area contributed by atoms with Crippen molar-refractivity contribution >= 4 is 11.6 Å². The van der Waals surface area contributed by atoms with Gasteiger partial charge in [0.05, 0.1) is 5.69 Å². The van der Waals surface area contributed by atoms with Crippen LogP contribution in [0.1, 0.15) is 26.7 Å². The van der Waals surface area contributed by atoms with Gasteiger partial charge in [-0.05, 0) is 31.2 Å². The monoisotopic (exact) mass is 428 g/mol. The second kappa shape index (κ2) is 8.28. The predicted molar refractivity (Wildman–Crippen MR) is 115 cm³/mol. The number of nitrogens with zero attached hydrogens (tertiary/aromatic N) is 1. The van der Waals surface area contributed by atoms with Gasteiger partial charge in [-0.15, -0.1) is 0 Å². The van der Waals surface area contributed by atoms with Gasteiger partial charge in [0.1, 0.15) is 23.7 Å². The summed E-state index contributed by atoms with van der Waals surface area (Å²) in [6.07, 6.45) is 1.38. The lowest BCUT2D eigenvalue weighted by Crippen LogP contribution is -2.53. The molecule has 0 radical (unpaired) electrons. The van der Waals surface area contributed by atoms with Crippen LogP contribution in [0.15, 0.2) is 42.5 Å². The Morgan fingerprint density at radius 2 is 1.84 bits per heavy atom. The molecule has 2 aliphatic rings. The number of phenolic OH excluding ortho intramolecular Hbond substituents is 1. The van der Waals surface area contributed by atoms with Crippen molar-refractivity contribution in [2.24, 2.45) is 0 Å². The summed E-state index contributed by atoms with van der Waals surface area (Å²) in [5.74, 6) is 0.997. The third-order valence-corrected chi connectivity index (χ3v) is 5.44. The molecule has 8 heteroatoms. The number of nitrogens with one attached hydrogen (secondary N) is 1. The van der Waals surface area contributed by atoms with E-state index < -0.39 is 11.4 Å². The van der Waals surface area contributed by atoms with Crippen molar-refractivity contribution in [3.05, 3.63) is 42.5 Å². The number of β-amino-alcohol motifs (C(OH)–C–C–N with tert-alkyl or cyclic N) is 1. The molecule has 166 valence electrons. The van der Waals surface area contributed by atoms with Crippen molar-refractivity contribution < 1.29 is 29.2 Å². The highest BCUT2D eigenvalue weighted by Gasteiger charge is 2.44. The van der Waals surface area contributed by atoms with Crippen LogP contribution in [0.2, 0.25) is 0 Å². The van der Waals surface area contributed by atoms with Crippen LogP contribution in [0.5, 0.6) is 23.0 Å². The van der Waals surface area contributed by atoms with Crippen molar-refractivity contribution in [1.82, 2.24) is 4.90 Å². The average molecular weight is 428 g/mol. The minimum absolute atomic E-state index is 0.00310.